The average molecular weight is 866 g/mol. The molecular formula is C50H44GaN2O2Zr. The van der Waals surface area contributed by atoms with Crippen molar-refractivity contribution in [2.24, 2.45) is 0 Å². The monoisotopic (exact) mass is 863 g/mol. The molecule has 0 aromatic heterocycles. The SMILES string of the molecule is C(C=Cc1ccccc1)=Cc1ccccc1.Cc1cc2c(-c3ccccc3)cccc2[cH-]1.Cc1cc2c(-c3ccccc3)cccc2[cH-]1.O=C[NH][Ga][NH]C=O.[Zr+2]. The Morgan fingerprint density at radius 2 is 0.821 bits per heavy atom. The molecule has 2 N–H and O–H groups in total. The van der Waals surface area contributed by atoms with E-state index in [1.54, 1.807) is 0 Å². The number of hydrogen-bond donors (Lipinski definition) is 2. The largest absolute Gasteiger partial charge is 2.00 e. The second kappa shape index (κ2) is 24.1. The van der Waals surface area contributed by atoms with Gasteiger partial charge in [-0.2, -0.15) is 12.1 Å². The molecule has 56 heavy (non-hydrogen) atoms. The minimum absolute atomic E-state index is 0. The van der Waals surface area contributed by atoms with Crippen LogP contribution in [0.4, 0.5) is 0 Å². The van der Waals surface area contributed by atoms with Crippen LogP contribution in [-0.2, 0) is 35.8 Å². The molecule has 0 saturated carbocycles. The van der Waals surface area contributed by atoms with Gasteiger partial charge < -0.3 is 0 Å². The van der Waals surface area contributed by atoms with Gasteiger partial charge in [0.1, 0.15) is 0 Å². The summed E-state index contributed by atoms with van der Waals surface area (Å²) in [5.74, 6) is 0. The van der Waals surface area contributed by atoms with E-state index in [9.17, 15) is 9.59 Å². The van der Waals surface area contributed by atoms with Crippen molar-refractivity contribution in [2.45, 2.75) is 13.8 Å². The maximum absolute atomic E-state index is 9.45. The summed E-state index contributed by atoms with van der Waals surface area (Å²) in [4.78, 5) is 18.9. The van der Waals surface area contributed by atoms with Crippen LogP contribution in [-0.4, -0.2) is 30.7 Å². The van der Waals surface area contributed by atoms with Gasteiger partial charge in [-0.05, 0) is 22.3 Å². The molecule has 0 saturated heterocycles. The van der Waals surface area contributed by atoms with E-state index < -0.39 is 17.9 Å². The van der Waals surface area contributed by atoms with Crippen LogP contribution >= 0.6 is 0 Å². The minimum atomic E-state index is -0.953. The van der Waals surface area contributed by atoms with Crippen molar-refractivity contribution in [1.29, 1.82) is 0 Å². The number of carbonyl (C=O) groups excluding carboxylic acids is 2. The summed E-state index contributed by atoms with van der Waals surface area (Å²) >= 11 is -0.953. The van der Waals surface area contributed by atoms with E-state index in [2.05, 4.69) is 192 Å². The van der Waals surface area contributed by atoms with Crippen molar-refractivity contribution in [2.75, 3.05) is 0 Å². The molecule has 0 aliphatic rings. The van der Waals surface area contributed by atoms with Gasteiger partial charge >= 0.3 is 74.6 Å². The second-order valence-electron chi connectivity index (χ2n) is 12.7. The fourth-order valence-corrected chi connectivity index (χ4v) is 6.57. The maximum atomic E-state index is 9.45. The zero-order valence-corrected chi connectivity index (χ0v) is 36.6. The summed E-state index contributed by atoms with van der Waals surface area (Å²) in [6, 6.07) is 63.7. The number of benzene rings is 6. The molecule has 6 heteroatoms. The van der Waals surface area contributed by atoms with Gasteiger partial charge in [0, 0.05) is 0 Å². The molecule has 273 valence electrons. The first-order valence-corrected chi connectivity index (χ1v) is 20.6. The molecule has 0 heterocycles. The number of aryl methyl sites for hydroxylation is 2. The van der Waals surface area contributed by atoms with Gasteiger partial charge in [0.2, 0.25) is 0 Å². The van der Waals surface area contributed by atoms with Crippen LogP contribution in [0.2, 0.25) is 0 Å². The van der Waals surface area contributed by atoms with Gasteiger partial charge in [0.15, 0.2) is 0 Å². The van der Waals surface area contributed by atoms with Crippen molar-refractivity contribution >= 4 is 64.4 Å². The Balaban J connectivity index is 0.000000171. The molecule has 4 nitrogen and oxygen atoms in total. The first kappa shape index (κ1) is 43.2. The fourth-order valence-electron chi connectivity index (χ4n) is 6.09. The van der Waals surface area contributed by atoms with E-state index in [0.717, 1.165) is 0 Å². The maximum Gasteiger partial charge on any atom is 2.00 e. The van der Waals surface area contributed by atoms with Gasteiger partial charge in [-0.25, -0.2) is 0 Å². The van der Waals surface area contributed by atoms with Crippen LogP contribution in [0.3, 0.4) is 0 Å². The Morgan fingerprint density at radius 3 is 1.18 bits per heavy atom. The molecule has 8 aromatic carbocycles. The van der Waals surface area contributed by atoms with E-state index in [0.29, 0.717) is 12.8 Å². The number of carbonyl (C=O) groups is 2. The number of hydrogen-bond acceptors (Lipinski definition) is 2. The van der Waals surface area contributed by atoms with Crippen LogP contribution in [0.1, 0.15) is 22.3 Å². The molecule has 8 aromatic rings. The van der Waals surface area contributed by atoms with Crippen molar-refractivity contribution < 1.29 is 35.8 Å². The Labute approximate surface area is 358 Å². The van der Waals surface area contributed by atoms with Gasteiger partial charge in [-0.3, -0.25) is 0 Å². The number of rotatable bonds is 9. The summed E-state index contributed by atoms with van der Waals surface area (Å²) in [7, 11) is 0. The van der Waals surface area contributed by atoms with E-state index in [1.165, 1.54) is 66.1 Å². The van der Waals surface area contributed by atoms with Gasteiger partial charge in [-0.15, -0.1) is 69.1 Å². The summed E-state index contributed by atoms with van der Waals surface area (Å²) in [5.41, 5.74) is 10.3. The second-order valence-corrected chi connectivity index (χ2v) is 14.7. The molecule has 0 unspecified atom stereocenters. The van der Waals surface area contributed by atoms with E-state index >= 15 is 0 Å². The summed E-state index contributed by atoms with van der Waals surface area (Å²) < 4.78 is 4.76. The Morgan fingerprint density at radius 1 is 0.464 bits per heavy atom. The summed E-state index contributed by atoms with van der Waals surface area (Å²) in [6.45, 7) is 4.30. The topological polar surface area (TPSA) is 58.2 Å². The molecule has 0 atom stereocenters. The Kier molecular flexibility index (Phi) is 18.6. The van der Waals surface area contributed by atoms with Crippen molar-refractivity contribution in [3.8, 4) is 22.3 Å². The Hall–Kier alpha value is -5.52. The smallest absolute Gasteiger partial charge is 2.00 e. The third kappa shape index (κ3) is 13.6. The molecule has 0 spiro atoms. The van der Waals surface area contributed by atoms with Crippen LogP contribution in [0.15, 0.2) is 194 Å². The molecule has 0 fully saturated rings. The quantitative estimate of drug-likeness (QED) is 0.0499. The summed E-state index contributed by atoms with van der Waals surface area (Å²) in [5, 5.41) is 5.37. The molecule has 1 radical (unpaired) electrons. The van der Waals surface area contributed by atoms with Crippen LogP contribution in [0.5, 0.6) is 0 Å². The van der Waals surface area contributed by atoms with Gasteiger partial charge in [-0.1, -0.05) is 183 Å². The van der Waals surface area contributed by atoms with Gasteiger partial charge in [0.05, 0.1) is 0 Å². The van der Waals surface area contributed by atoms with Crippen molar-refractivity contribution in [3.63, 3.8) is 0 Å². The molecule has 0 bridgehead atoms. The molecule has 0 aliphatic heterocycles. The van der Waals surface area contributed by atoms with Crippen LogP contribution < -0.4 is 8.05 Å². The van der Waals surface area contributed by atoms with E-state index in [-0.39, 0.29) is 26.2 Å². The first-order valence-electron chi connectivity index (χ1n) is 18.1. The predicted molar refractivity (Wildman–Crippen MR) is 235 cm³/mol. The minimum Gasteiger partial charge on any atom is 2.00 e. The predicted octanol–water partition coefficient (Wildman–Crippen LogP) is 11.5. The van der Waals surface area contributed by atoms with Crippen LogP contribution in [0.25, 0.3) is 56.0 Å². The average Bonchev–Trinajstić information content (AvgIpc) is 3.82. The Bertz CT molecular complexity index is 2230. The summed E-state index contributed by atoms with van der Waals surface area (Å²) in [6.07, 6.45) is 9.47. The molecule has 0 aliphatic carbocycles. The normalized spacial score (nSPS) is 10.2. The zero-order chi connectivity index (χ0) is 38.5. The number of nitrogens with one attached hydrogen (secondary N) is 2. The van der Waals surface area contributed by atoms with Crippen molar-refractivity contribution in [1.82, 2.24) is 8.05 Å². The third-order valence-electron chi connectivity index (χ3n) is 8.55. The van der Waals surface area contributed by atoms with E-state index in [1.807, 2.05) is 36.4 Å². The standard InChI is InChI=1S/2C16H13.C16H14.2CH3NO.Ga.Zr/c2*1-12-10-14-8-5-9-15(16(14)11-12)13-6-3-2-4-7-13;1-3-9-15(10-4-1)13-7-8-14-16-11-5-2-6-12-16;2*2-1-3;;/h2*2-11H,1H3;1-14H;2*1H,(H2,2,3);;/q2*-1;;;;2*+2/p-2. The van der Waals surface area contributed by atoms with Crippen molar-refractivity contribution in [3.05, 3.63) is 216 Å². The third-order valence-corrected chi connectivity index (χ3v) is 9.82. The number of fused-ring (bicyclic) bond motifs is 2. The molecular weight excluding hydrogens is 822 g/mol. The molecule has 8 rings (SSSR count). The molecule has 2 amide bonds. The zero-order valence-electron chi connectivity index (χ0n) is 31.7. The van der Waals surface area contributed by atoms with Crippen LogP contribution in [0, 0.1) is 13.8 Å². The first-order chi connectivity index (χ1) is 27.1. The van der Waals surface area contributed by atoms with Gasteiger partial charge in [0.25, 0.3) is 0 Å². The van der Waals surface area contributed by atoms with E-state index in [4.69, 9.17) is 0 Å². The number of amides is 2. The number of allylic oxidation sites excluding steroid dienone is 2. The fraction of sp³-hybridized carbons (Fsp3) is 0.0400.